The second-order valence-electron chi connectivity index (χ2n) is 4.27. The monoisotopic (exact) mass is 292 g/mol. The van der Waals surface area contributed by atoms with Gasteiger partial charge in [0.1, 0.15) is 11.6 Å². The van der Waals surface area contributed by atoms with Crippen molar-refractivity contribution in [2.75, 3.05) is 5.88 Å². The Morgan fingerprint density at radius 3 is 2.58 bits per heavy atom. The lowest BCUT2D eigenvalue weighted by Gasteiger charge is -2.11. The van der Waals surface area contributed by atoms with Crippen LogP contribution in [0.1, 0.15) is 18.4 Å². The van der Waals surface area contributed by atoms with E-state index in [1.807, 2.05) is 0 Å². The molecule has 1 aliphatic rings. The van der Waals surface area contributed by atoms with E-state index in [9.17, 15) is 13.2 Å². The highest BCUT2D eigenvalue weighted by molar-refractivity contribution is 6.28. The third kappa shape index (κ3) is 4.02. The number of halogens is 4. The molecule has 0 unspecified atom stereocenters. The molecule has 0 aromatic heterocycles. The summed E-state index contributed by atoms with van der Waals surface area (Å²) in [6, 6.07) is 3.31. The van der Waals surface area contributed by atoms with Gasteiger partial charge in [-0.15, -0.1) is 11.6 Å². The highest BCUT2D eigenvalue weighted by Crippen LogP contribution is 2.37. The van der Waals surface area contributed by atoms with Crippen LogP contribution in [0.5, 0.6) is 5.75 Å². The van der Waals surface area contributed by atoms with Gasteiger partial charge in [0, 0.05) is 6.07 Å². The Morgan fingerprint density at radius 2 is 2.05 bits per heavy atom. The van der Waals surface area contributed by atoms with Gasteiger partial charge in [-0.3, -0.25) is 0 Å². The van der Waals surface area contributed by atoms with Crippen molar-refractivity contribution in [3.05, 3.63) is 23.8 Å². The van der Waals surface area contributed by atoms with Crippen LogP contribution < -0.4 is 10.5 Å². The first-order valence-corrected chi connectivity index (χ1v) is 6.20. The number of hydrogen-bond acceptors (Lipinski definition) is 2. The van der Waals surface area contributed by atoms with Gasteiger partial charge in [-0.2, -0.15) is 13.2 Å². The maximum Gasteiger partial charge on any atom is 0.416 e. The lowest BCUT2D eigenvalue weighted by atomic mass is 10.2. The number of nitrogens with two attached hydrogens (primary N) is 1. The molecule has 0 amide bonds. The molecule has 1 fully saturated rings. The zero-order valence-corrected chi connectivity index (χ0v) is 10.6. The molecule has 0 heterocycles. The summed E-state index contributed by atoms with van der Waals surface area (Å²) in [6.07, 6.45) is -2.73. The minimum absolute atomic E-state index is 0.00527. The predicted octanol–water partition coefficient (Wildman–Crippen LogP) is 3.47. The molecule has 0 radical (unpaired) electrons. The molecule has 0 bridgehead atoms. The molecule has 1 aromatic rings. The van der Waals surface area contributed by atoms with E-state index in [4.69, 9.17) is 22.1 Å². The quantitative estimate of drug-likeness (QED) is 0.525. The first-order valence-electron chi connectivity index (χ1n) is 5.66. The molecule has 0 atom stereocenters. The average molecular weight is 293 g/mol. The molecule has 2 rings (SSSR count). The third-order valence-electron chi connectivity index (χ3n) is 2.46. The van der Waals surface area contributed by atoms with E-state index >= 15 is 0 Å². The molecular weight excluding hydrogens is 281 g/mol. The number of rotatable bonds is 4. The molecule has 19 heavy (non-hydrogen) atoms. The fourth-order valence-electron chi connectivity index (χ4n) is 1.45. The Balaban J connectivity index is 2.35. The highest BCUT2D eigenvalue weighted by atomic mass is 35.5. The van der Waals surface area contributed by atoms with Gasteiger partial charge in [-0.05, 0) is 25.0 Å². The second kappa shape index (κ2) is 5.28. The van der Waals surface area contributed by atoms with Crippen LogP contribution in [0.15, 0.2) is 23.2 Å². The summed E-state index contributed by atoms with van der Waals surface area (Å²) in [5.74, 6) is 0.159. The van der Waals surface area contributed by atoms with Gasteiger partial charge in [-0.1, -0.05) is 0 Å². The number of aliphatic imine (C=N–C) groups is 1. The van der Waals surface area contributed by atoms with Gasteiger partial charge in [0.05, 0.1) is 23.2 Å². The fraction of sp³-hybridized carbons (Fsp3) is 0.417. The van der Waals surface area contributed by atoms with Crippen molar-refractivity contribution in [1.29, 1.82) is 0 Å². The Hall–Kier alpha value is -1.43. The van der Waals surface area contributed by atoms with Crippen LogP contribution in [0, 0.1) is 0 Å². The van der Waals surface area contributed by atoms with E-state index in [0.29, 0.717) is 0 Å². The Labute approximate surface area is 113 Å². The zero-order valence-electron chi connectivity index (χ0n) is 9.88. The number of nitrogens with zero attached hydrogens (tertiary/aromatic N) is 1. The van der Waals surface area contributed by atoms with Crippen LogP contribution in [0.4, 0.5) is 18.9 Å². The molecule has 104 valence electrons. The Kier molecular flexibility index (Phi) is 3.89. The standard InChI is InChI=1S/C12H12ClF3N2O/c13-6-11(17)18-8-3-7(12(14,15)16)4-10(5-8)19-9-1-2-9/h3-5,9H,1-2,6H2,(H2,17,18). The summed E-state index contributed by atoms with van der Waals surface area (Å²) in [5.41, 5.74) is 4.70. The minimum Gasteiger partial charge on any atom is -0.490 e. The van der Waals surface area contributed by atoms with Gasteiger partial charge >= 0.3 is 6.18 Å². The number of hydrogen-bond donors (Lipinski definition) is 1. The molecule has 1 saturated carbocycles. The van der Waals surface area contributed by atoms with Crippen LogP contribution in [-0.4, -0.2) is 17.8 Å². The molecule has 0 spiro atoms. The van der Waals surface area contributed by atoms with Crippen LogP contribution in [0.25, 0.3) is 0 Å². The summed E-state index contributed by atoms with van der Waals surface area (Å²) in [7, 11) is 0. The van der Waals surface area contributed by atoms with E-state index in [0.717, 1.165) is 25.0 Å². The SMILES string of the molecule is NC(CCl)=Nc1cc(OC2CC2)cc(C(F)(F)F)c1. The molecule has 0 aliphatic heterocycles. The molecular formula is C12H12ClF3N2O. The van der Waals surface area contributed by atoms with Gasteiger partial charge in [0.15, 0.2) is 0 Å². The van der Waals surface area contributed by atoms with Gasteiger partial charge in [0.2, 0.25) is 0 Å². The van der Waals surface area contributed by atoms with E-state index < -0.39 is 11.7 Å². The molecule has 7 heteroatoms. The van der Waals surface area contributed by atoms with Gasteiger partial charge in [-0.25, -0.2) is 4.99 Å². The minimum atomic E-state index is -4.46. The molecule has 1 aliphatic carbocycles. The number of alkyl halides is 4. The summed E-state index contributed by atoms with van der Waals surface area (Å²) in [6.45, 7) is 0. The lowest BCUT2D eigenvalue weighted by molar-refractivity contribution is -0.137. The maximum atomic E-state index is 12.8. The molecule has 1 aromatic carbocycles. The van der Waals surface area contributed by atoms with E-state index in [2.05, 4.69) is 4.99 Å². The topological polar surface area (TPSA) is 47.6 Å². The van der Waals surface area contributed by atoms with Crippen molar-refractivity contribution in [3.63, 3.8) is 0 Å². The van der Waals surface area contributed by atoms with Crippen molar-refractivity contribution in [1.82, 2.24) is 0 Å². The van der Waals surface area contributed by atoms with Crippen molar-refractivity contribution >= 4 is 23.1 Å². The van der Waals surface area contributed by atoms with Crippen molar-refractivity contribution in [2.24, 2.45) is 10.7 Å². The summed E-state index contributed by atoms with van der Waals surface area (Å²) >= 11 is 5.46. The zero-order chi connectivity index (χ0) is 14.0. The Morgan fingerprint density at radius 1 is 1.37 bits per heavy atom. The van der Waals surface area contributed by atoms with Crippen molar-refractivity contribution in [3.8, 4) is 5.75 Å². The predicted molar refractivity (Wildman–Crippen MR) is 67.1 cm³/mol. The average Bonchev–Trinajstić information content (AvgIpc) is 3.11. The van der Waals surface area contributed by atoms with Crippen molar-refractivity contribution < 1.29 is 17.9 Å². The van der Waals surface area contributed by atoms with Gasteiger partial charge in [0.25, 0.3) is 0 Å². The highest BCUT2D eigenvalue weighted by Gasteiger charge is 2.32. The first-order chi connectivity index (χ1) is 8.88. The molecule has 2 N–H and O–H groups in total. The van der Waals surface area contributed by atoms with E-state index in [-0.39, 0.29) is 29.3 Å². The maximum absolute atomic E-state index is 12.8. The second-order valence-corrected chi connectivity index (χ2v) is 4.53. The largest absolute Gasteiger partial charge is 0.490 e. The van der Waals surface area contributed by atoms with Crippen LogP contribution >= 0.6 is 11.6 Å². The van der Waals surface area contributed by atoms with Crippen LogP contribution in [0.3, 0.4) is 0 Å². The Bertz CT molecular complexity index is 498. The third-order valence-corrected chi connectivity index (χ3v) is 2.73. The number of benzene rings is 1. The number of amidine groups is 1. The van der Waals surface area contributed by atoms with Gasteiger partial charge < -0.3 is 10.5 Å². The van der Waals surface area contributed by atoms with Crippen LogP contribution in [-0.2, 0) is 6.18 Å². The smallest absolute Gasteiger partial charge is 0.416 e. The molecule has 0 saturated heterocycles. The summed E-state index contributed by atoms with van der Waals surface area (Å²) in [4.78, 5) is 3.82. The number of ether oxygens (including phenoxy) is 1. The summed E-state index contributed by atoms with van der Waals surface area (Å²) in [5, 5.41) is 0. The van der Waals surface area contributed by atoms with Crippen molar-refractivity contribution in [2.45, 2.75) is 25.1 Å². The fourth-order valence-corrected chi connectivity index (χ4v) is 1.51. The van der Waals surface area contributed by atoms with E-state index in [1.165, 1.54) is 6.07 Å². The van der Waals surface area contributed by atoms with Crippen LogP contribution in [0.2, 0.25) is 0 Å². The summed E-state index contributed by atoms with van der Waals surface area (Å²) < 4.78 is 43.7. The van der Waals surface area contributed by atoms with E-state index in [1.54, 1.807) is 0 Å². The normalized spacial score (nSPS) is 16.5. The first kappa shape index (κ1) is 14.0. The molecule has 3 nitrogen and oxygen atoms in total. The lowest BCUT2D eigenvalue weighted by Crippen LogP contribution is -2.12.